The Morgan fingerprint density at radius 1 is 1.50 bits per heavy atom. The lowest BCUT2D eigenvalue weighted by atomic mass is 10.1. The number of nitrogens with one attached hydrogen (secondary N) is 1. The van der Waals surface area contributed by atoms with Crippen molar-refractivity contribution in [3.63, 3.8) is 0 Å². The molecule has 1 atom stereocenters. The third-order valence-electron chi connectivity index (χ3n) is 2.08. The highest BCUT2D eigenvalue weighted by molar-refractivity contribution is 4.79. The van der Waals surface area contributed by atoms with Gasteiger partial charge in [-0.1, -0.05) is 6.92 Å². The summed E-state index contributed by atoms with van der Waals surface area (Å²) in [6, 6.07) is 0.312. The van der Waals surface area contributed by atoms with Crippen LogP contribution in [-0.4, -0.2) is 28.0 Å². The molecule has 1 aromatic rings. The van der Waals surface area contributed by atoms with Crippen molar-refractivity contribution in [3.8, 4) is 0 Å². The van der Waals surface area contributed by atoms with E-state index in [1.165, 1.54) is 0 Å². The Hall–Kier alpha value is -0.940. The fraction of sp³-hybridized carbons (Fsp3) is 0.778. The Labute approximate surface area is 83.5 Å². The van der Waals surface area contributed by atoms with Crippen LogP contribution in [-0.2, 0) is 6.54 Å². The maximum absolute atomic E-state index is 8.78. The quantitative estimate of drug-likeness (QED) is 0.703. The number of aryl methyl sites for hydroxylation is 1. The van der Waals surface area contributed by atoms with Gasteiger partial charge in [-0.3, -0.25) is 0 Å². The first kappa shape index (κ1) is 11.1. The van der Waals surface area contributed by atoms with Crippen LogP contribution in [0.1, 0.15) is 31.5 Å². The van der Waals surface area contributed by atoms with Gasteiger partial charge in [0.1, 0.15) is 0 Å². The van der Waals surface area contributed by atoms with Crippen LogP contribution in [0.25, 0.3) is 0 Å². The maximum Gasteiger partial charge on any atom is 0.230 e. The van der Waals surface area contributed by atoms with Gasteiger partial charge in [0.05, 0.1) is 6.54 Å². The van der Waals surface area contributed by atoms with Crippen LogP contribution in [0.2, 0.25) is 0 Å². The van der Waals surface area contributed by atoms with Crippen molar-refractivity contribution >= 4 is 0 Å². The minimum atomic E-state index is 0.203. The summed E-state index contributed by atoms with van der Waals surface area (Å²) in [6.07, 6.45) is 1.73. The van der Waals surface area contributed by atoms with E-state index in [0.717, 1.165) is 12.8 Å². The molecule has 0 saturated carbocycles. The van der Waals surface area contributed by atoms with Crippen LogP contribution in [0, 0.1) is 6.92 Å². The standard InChI is InChI=1S/C9H17N3O2/c1-3-8(4-5-13)10-6-9-12-11-7(2)14-9/h8,10,13H,3-6H2,1-2H3. The first-order valence-electron chi connectivity index (χ1n) is 4.89. The topological polar surface area (TPSA) is 71.2 Å². The Kier molecular flexibility index (Phi) is 4.55. The van der Waals surface area contributed by atoms with Gasteiger partial charge in [0, 0.05) is 19.6 Å². The Balaban J connectivity index is 2.31. The molecule has 5 heteroatoms. The van der Waals surface area contributed by atoms with E-state index >= 15 is 0 Å². The minimum absolute atomic E-state index is 0.203. The molecule has 80 valence electrons. The second kappa shape index (κ2) is 5.72. The molecule has 0 fully saturated rings. The molecule has 1 rings (SSSR count). The SMILES string of the molecule is CCC(CCO)NCc1nnc(C)o1. The highest BCUT2D eigenvalue weighted by Gasteiger charge is 2.07. The van der Waals surface area contributed by atoms with E-state index in [4.69, 9.17) is 9.52 Å². The first-order chi connectivity index (χ1) is 6.76. The Morgan fingerprint density at radius 3 is 2.79 bits per heavy atom. The van der Waals surface area contributed by atoms with Gasteiger partial charge in [0.15, 0.2) is 0 Å². The minimum Gasteiger partial charge on any atom is -0.424 e. The molecule has 0 aliphatic rings. The lowest BCUT2D eigenvalue weighted by Gasteiger charge is -2.13. The van der Waals surface area contributed by atoms with E-state index in [2.05, 4.69) is 22.4 Å². The summed E-state index contributed by atoms with van der Waals surface area (Å²) in [5.41, 5.74) is 0. The van der Waals surface area contributed by atoms with Gasteiger partial charge in [-0.25, -0.2) is 0 Å². The van der Waals surface area contributed by atoms with Crippen molar-refractivity contribution in [2.45, 2.75) is 39.3 Å². The lowest BCUT2D eigenvalue weighted by molar-refractivity contribution is 0.259. The second-order valence-corrected chi connectivity index (χ2v) is 3.21. The summed E-state index contributed by atoms with van der Waals surface area (Å²) in [7, 11) is 0. The average Bonchev–Trinajstić information content (AvgIpc) is 2.59. The molecule has 1 aromatic heterocycles. The zero-order chi connectivity index (χ0) is 10.4. The van der Waals surface area contributed by atoms with E-state index in [9.17, 15) is 0 Å². The highest BCUT2D eigenvalue weighted by Crippen LogP contribution is 2.01. The molecule has 1 unspecified atom stereocenters. The van der Waals surface area contributed by atoms with Gasteiger partial charge in [0.25, 0.3) is 0 Å². The molecule has 5 nitrogen and oxygen atoms in total. The first-order valence-corrected chi connectivity index (χ1v) is 4.89. The predicted octanol–water partition coefficient (Wildman–Crippen LogP) is 0.629. The van der Waals surface area contributed by atoms with Crippen LogP contribution in [0.4, 0.5) is 0 Å². The molecule has 0 aliphatic carbocycles. The van der Waals surface area contributed by atoms with Crippen molar-refractivity contribution in [1.82, 2.24) is 15.5 Å². The fourth-order valence-electron chi connectivity index (χ4n) is 1.25. The molecule has 0 saturated heterocycles. The van der Waals surface area contributed by atoms with E-state index in [0.29, 0.717) is 24.4 Å². The van der Waals surface area contributed by atoms with Gasteiger partial charge in [0.2, 0.25) is 11.8 Å². The number of aliphatic hydroxyl groups excluding tert-OH is 1. The number of hydrogen-bond acceptors (Lipinski definition) is 5. The van der Waals surface area contributed by atoms with Crippen molar-refractivity contribution in [1.29, 1.82) is 0 Å². The van der Waals surface area contributed by atoms with Gasteiger partial charge in [-0.15, -0.1) is 10.2 Å². The molecule has 0 bridgehead atoms. The normalized spacial score (nSPS) is 13.1. The third kappa shape index (κ3) is 3.43. The monoisotopic (exact) mass is 199 g/mol. The number of rotatable bonds is 6. The zero-order valence-corrected chi connectivity index (χ0v) is 8.66. The zero-order valence-electron chi connectivity index (χ0n) is 8.66. The van der Waals surface area contributed by atoms with Gasteiger partial charge < -0.3 is 14.8 Å². The third-order valence-corrected chi connectivity index (χ3v) is 2.08. The number of nitrogens with zero attached hydrogens (tertiary/aromatic N) is 2. The Bertz CT molecular complexity index is 262. The molecular weight excluding hydrogens is 182 g/mol. The number of hydrogen-bond donors (Lipinski definition) is 2. The van der Waals surface area contributed by atoms with Crippen molar-refractivity contribution in [2.75, 3.05) is 6.61 Å². The summed E-state index contributed by atoms with van der Waals surface area (Å²) < 4.78 is 5.21. The fourth-order valence-corrected chi connectivity index (χ4v) is 1.25. The van der Waals surface area contributed by atoms with E-state index in [1.54, 1.807) is 6.92 Å². The maximum atomic E-state index is 8.78. The molecule has 0 aliphatic heterocycles. The van der Waals surface area contributed by atoms with Crippen LogP contribution in [0.15, 0.2) is 4.42 Å². The van der Waals surface area contributed by atoms with Gasteiger partial charge in [-0.05, 0) is 12.8 Å². The molecule has 0 spiro atoms. The largest absolute Gasteiger partial charge is 0.424 e. The summed E-state index contributed by atoms with van der Waals surface area (Å²) in [4.78, 5) is 0. The molecule has 1 heterocycles. The molecular formula is C9H17N3O2. The summed E-state index contributed by atoms with van der Waals surface area (Å²) in [5, 5.41) is 19.6. The Morgan fingerprint density at radius 2 is 2.29 bits per heavy atom. The smallest absolute Gasteiger partial charge is 0.230 e. The second-order valence-electron chi connectivity index (χ2n) is 3.21. The molecule has 0 aromatic carbocycles. The van der Waals surface area contributed by atoms with Crippen molar-refractivity contribution in [2.24, 2.45) is 0 Å². The van der Waals surface area contributed by atoms with Crippen molar-refractivity contribution < 1.29 is 9.52 Å². The van der Waals surface area contributed by atoms with E-state index < -0.39 is 0 Å². The predicted molar refractivity (Wildman–Crippen MR) is 51.7 cm³/mol. The summed E-state index contributed by atoms with van der Waals surface area (Å²) in [5.74, 6) is 1.18. The number of aliphatic hydroxyl groups is 1. The summed E-state index contributed by atoms with van der Waals surface area (Å²) in [6.45, 7) is 4.61. The van der Waals surface area contributed by atoms with E-state index in [-0.39, 0.29) is 6.61 Å². The van der Waals surface area contributed by atoms with Crippen LogP contribution < -0.4 is 5.32 Å². The van der Waals surface area contributed by atoms with Crippen molar-refractivity contribution in [3.05, 3.63) is 11.8 Å². The molecule has 2 N–H and O–H groups in total. The molecule has 0 amide bonds. The lowest BCUT2D eigenvalue weighted by Crippen LogP contribution is -2.28. The molecule has 14 heavy (non-hydrogen) atoms. The van der Waals surface area contributed by atoms with Gasteiger partial charge in [-0.2, -0.15) is 0 Å². The van der Waals surface area contributed by atoms with Crippen LogP contribution in [0.3, 0.4) is 0 Å². The summed E-state index contributed by atoms with van der Waals surface area (Å²) >= 11 is 0. The molecule has 0 radical (unpaired) electrons. The number of aromatic nitrogens is 2. The van der Waals surface area contributed by atoms with Crippen LogP contribution in [0.5, 0.6) is 0 Å². The van der Waals surface area contributed by atoms with Crippen LogP contribution >= 0.6 is 0 Å². The van der Waals surface area contributed by atoms with Gasteiger partial charge >= 0.3 is 0 Å². The highest BCUT2D eigenvalue weighted by atomic mass is 16.4. The average molecular weight is 199 g/mol. The van der Waals surface area contributed by atoms with E-state index in [1.807, 2.05) is 0 Å².